The number of phenolic OH excluding ortho intramolecular Hbond substituents is 1. The van der Waals surface area contributed by atoms with E-state index in [1.807, 2.05) is 0 Å². The number of aromatic nitrogens is 4. The third-order valence-electron chi connectivity index (χ3n) is 5.59. The molecule has 0 unspecified atom stereocenters. The van der Waals surface area contributed by atoms with Crippen molar-refractivity contribution in [3.63, 3.8) is 0 Å². The van der Waals surface area contributed by atoms with Crippen molar-refractivity contribution in [1.82, 2.24) is 24.9 Å². The number of amides is 1. The molecule has 4 aromatic rings. The molecule has 34 heavy (non-hydrogen) atoms. The second kappa shape index (κ2) is 7.76. The molecular formula is C23H20ClF2N5O3. The van der Waals surface area contributed by atoms with E-state index in [9.17, 15) is 14.3 Å². The summed E-state index contributed by atoms with van der Waals surface area (Å²) >= 11 is 6.40. The highest BCUT2D eigenvalue weighted by Gasteiger charge is 2.36. The minimum atomic E-state index is -0.874. The van der Waals surface area contributed by atoms with Crippen LogP contribution in [-0.4, -0.2) is 54.8 Å². The maximum Gasteiger partial charge on any atom is 0.410 e. The number of likely N-dealkylation sites (tertiary alicyclic amines) is 1. The minimum absolute atomic E-state index is 0.0681. The first-order chi connectivity index (χ1) is 16.0. The Labute approximate surface area is 197 Å². The Hall–Kier alpha value is -3.53. The summed E-state index contributed by atoms with van der Waals surface area (Å²) in [5, 5.41) is 18.7. The monoisotopic (exact) mass is 487 g/mol. The number of pyridine rings is 1. The molecular weight excluding hydrogens is 468 g/mol. The molecule has 8 nitrogen and oxygen atoms in total. The standard InChI is InChI=1S/C23H20ClF2N5O3/c1-23(2,3)34-22(33)30-9-11(10-30)31-21-12-7-13(24)17(18-14(25)5-4-6-16(18)32)19(26)20(12)27-8-15(21)28-29-31/h4-8,11,32H,9-10H2,1-3H3. The van der Waals surface area contributed by atoms with Crippen LogP contribution < -0.4 is 0 Å². The van der Waals surface area contributed by atoms with E-state index in [0.29, 0.717) is 29.5 Å². The Morgan fingerprint density at radius 1 is 1.24 bits per heavy atom. The lowest BCUT2D eigenvalue weighted by atomic mass is 10.00. The van der Waals surface area contributed by atoms with Gasteiger partial charge in [0.15, 0.2) is 5.82 Å². The first kappa shape index (κ1) is 22.3. The van der Waals surface area contributed by atoms with Crippen molar-refractivity contribution >= 4 is 39.6 Å². The fraction of sp³-hybridized carbons (Fsp3) is 0.304. The maximum atomic E-state index is 15.6. The quantitative estimate of drug-likeness (QED) is 0.424. The van der Waals surface area contributed by atoms with Gasteiger partial charge in [0.1, 0.15) is 33.7 Å². The number of halogens is 3. The summed E-state index contributed by atoms with van der Waals surface area (Å²) in [5.74, 6) is -2.13. The molecule has 1 N–H and O–H groups in total. The van der Waals surface area contributed by atoms with E-state index >= 15 is 4.39 Å². The largest absolute Gasteiger partial charge is 0.507 e. The van der Waals surface area contributed by atoms with E-state index in [1.54, 1.807) is 30.4 Å². The van der Waals surface area contributed by atoms with E-state index in [-0.39, 0.29) is 27.7 Å². The number of hydrogen-bond acceptors (Lipinski definition) is 6. The molecule has 176 valence electrons. The zero-order chi connectivity index (χ0) is 24.4. The van der Waals surface area contributed by atoms with Crippen LogP contribution in [0.15, 0.2) is 30.5 Å². The first-order valence-electron chi connectivity index (χ1n) is 10.5. The van der Waals surface area contributed by atoms with Crippen molar-refractivity contribution in [3.05, 3.63) is 47.1 Å². The van der Waals surface area contributed by atoms with Crippen LogP contribution in [0, 0.1) is 11.6 Å². The summed E-state index contributed by atoms with van der Waals surface area (Å²) in [6.07, 6.45) is 0.941. The average molecular weight is 488 g/mol. The number of aromatic hydroxyl groups is 1. The lowest BCUT2D eigenvalue weighted by molar-refractivity contribution is -0.0000491. The minimum Gasteiger partial charge on any atom is -0.507 e. The van der Waals surface area contributed by atoms with Gasteiger partial charge >= 0.3 is 6.09 Å². The number of carbonyl (C=O) groups is 1. The Morgan fingerprint density at radius 3 is 2.65 bits per heavy atom. The summed E-state index contributed by atoms with van der Waals surface area (Å²) in [4.78, 5) is 18.0. The zero-order valence-corrected chi connectivity index (χ0v) is 19.3. The highest BCUT2D eigenvalue weighted by atomic mass is 35.5. The number of carbonyl (C=O) groups excluding carboxylic acids is 1. The molecule has 1 aliphatic heterocycles. The molecule has 1 saturated heterocycles. The van der Waals surface area contributed by atoms with Gasteiger partial charge in [-0.1, -0.05) is 22.9 Å². The number of fused-ring (bicyclic) bond motifs is 3. The van der Waals surface area contributed by atoms with Crippen molar-refractivity contribution < 1.29 is 23.4 Å². The molecule has 0 bridgehead atoms. The Balaban J connectivity index is 1.58. The number of ether oxygens (including phenoxy) is 1. The van der Waals surface area contributed by atoms with E-state index in [0.717, 1.165) is 6.07 Å². The molecule has 0 aliphatic carbocycles. The van der Waals surface area contributed by atoms with Crippen LogP contribution in [0.5, 0.6) is 5.75 Å². The predicted molar refractivity (Wildman–Crippen MR) is 122 cm³/mol. The molecule has 1 aliphatic rings. The van der Waals surface area contributed by atoms with Crippen LogP contribution in [0.1, 0.15) is 26.8 Å². The molecule has 0 atom stereocenters. The number of phenols is 1. The smallest absolute Gasteiger partial charge is 0.410 e. The molecule has 1 amide bonds. The summed E-state index contributed by atoms with van der Waals surface area (Å²) in [6.45, 7) is 6.06. The highest BCUT2D eigenvalue weighted by molar-refractivity contribution is 6.34. The molecule has 0 saturated carbocycles. The van der Waals surface area contributed by atoms with Gasteiger partial charge in [-0.3, -0.25) is 4.98 Å². The van der Waals surface area contributed by atoms with E-state index in [1.165, 1.54) is 24.4 Å². The van der Waals surface area contributed by atoms with Gasteiger partial charge in [0, 0.05) is 24.0 Å². The second-order valence-corrected chi connectivity index (χ2v) is 9.55. The second-order valence-electron chi connectivity index (χ2n) is 9.14. The summed E-state index contributed by atoms with van der Waals surface area (Å²) in [6, 6.07) is 4.92. The van der Waals surface area contributed by atoms with E-state index < -0.39 is 29.1 Å². The van der Waals surface area contributed by atoms with Gasteiger partial charge in [-0.05, 0) is 39.0 Å². The van der Waals surface area contributed by atoms with Gasteiger partial charge in [-0.15, -0.1) is 5.10 Å². The van der Waals surface area contributed by atoms with E-state index in [2.05, 4.69) is 15.3 Å². The third kappa shape index (κ3) is 3.58. The molecule has 0 spiro atoms. The molecule has 2 aromatic carbocycles. The van der Waals surface area contributed by atoms with Crippen molar-refractivity contribution in [1.29, 1.82) is 0 Å². The summed E-state index contributed by atoms with van der Waals surface area (Å²) < 4.78 is 37.1. The summed E-state index contributed by atoms with van der Waals surface area (Å²) in [7, 11) is 0. The lowest BCUT2D eigenvalue weighted by Crippen LogP contribution is -2.52. The van der Waals surface area contributed by atoms with Crippen LogP contribution in [0.4, 0.5) is 13.6 Å². The van der Waals surface area contributed by atoms with Gasteiger partial charge in [-0.25, -0.2) is 18.3 Å². The van der Waals surface area contributed by atoms with Crippen molar-refractivity contribution in [3.8, 4) is 16.9 Å². The normalized spacial score (nSPS) is 14.6. The molecule has 11 heteroatoms. The Morgan fingerprint density at radius 2 is 1.97 bits per heavy atom. The maximum absolute atomic E-state index is 15.6. The molecule has 3 heterocycles. The van der Waals surface area contributed by atoms with Gasteiger partial charge in [-0.2, -0.15) is 0 Å². The number of benzene rings is 2. The van der Waals surface area contributed by atoms with Crippen LogP contribution in [0.25, 0.3) is 33.1 Å². The van der Waals surface area contributed by atoms with Crippen molar-refractivity contribution in [2.75, 3.05) is 13.1 Å². The number of rotatable bonds is 2. The fourth-order valence-corrected chi connectivity index (χ4v) is 4.31. The van der Waals surface area contributed by atoms with Gasteiger partial charge in [0.25, 0.3) is 0 Å². The number of hydrogen-bond donors (Lipinski definition) is 1. The van der Waals surface area contributed by atoms with Gasteiger partial charge < -0.3 is 14.7 Å². The van der Waals surface area contributed by atoms with Crippen LogP contribution in [0.3, 0.4) is 0 Å². The summed E-state index contributed by atoms with van der Waals surface area (Å²) in [5.41, 5.74) is -0.392. The van der Waals surface area contributed by atoms with Crippen molar-refractivity contribution in [2.45, 2.75) is 32.4 Å². The molecule has 1 fully saturated rings. The zero-order valence-electron chi connectivity index (χ0n) is 18.5. The molecule has 0 radical (unpaired) electrons. The van der Waals surface area contributed by atoms with Gasteiger partial charge in [0.05, 0.1) is 22.8 Å². The Kier molecular flexibility index (Phi) is 5.09. The SMILES string of the molecule is CC(C)(C)OC(=O)N1CC(n2nnc3cnc4c(F)c(-c5c(O)cccc5F)c(Cl)cc4c32)C1. The first-order valence-corrected chi connectivity index (χ1v) is 10.9. The van der Waals surface area contributed by atoms with Gasteiger partial charge in [0.2, 0.25) is 0 Å². The Bertz CT molecular complexity index is 1440. The predicted octanol–water partition coefficient (Wildman–Crippen LogP) is 5.08. The van der Waals surface area contributed by atoms with Crippen molar-refractivity contribution in [2.24, 2.45) is 0 Å². The molecule has 2 aromatic heterocycles. The fourth-order valence-electron chi connectivity index (χ4n) is 4.03. The van der Waals surface area contributed by atoms with Crippen LogP contribution in [0.2, 0.25) is 5.02 Å². The number of nitrogens with zero attached hydrogens (tertiary/aromatic N) is 5. The highest BCUT2D eigenvalue weighted by Crippen LogP contribution is 2.42. The van der Waals surface area contributed by atoms with Crippen LogP contribution in [-0.2, 0) is 4.74 Å². The average Bonchev–Trinajstić information content (AvgIpc) is 3.12. The lowest BCUT2D eigenvalue weighted by Gasteiger charge is -2.39. The molecule has 5 rings (SSSR count). The third-order valence-corrected chi connectivity index (χ3v) is 5.88. The van der Waals surface area contributed by atoms with Crippen LogP contribution >= 0.6 is 11.6 Å². The van der Waals surface area contributed by atoms with E-state index in [4.69, 9.17) is 16.3 Å². The topological polar surface area (TPSA) is 93.4 Å².